The fourth-order valence-electron chi connectivity index (χ4n) is 2.29. The topological polar surface area (TPSA) is 80.7 Å². The van der Waals surface area contributed by atoms with E-state index in [2.05, 4.69) is 0 Å². The van der Waals surface area contributed by atoms with E-state index in [1.165, 1.54) is 13.0 Å². The second-order valence-electron chi connectivity index (χ2n) is 6.72. The standard InChI is InChI=1S/C22H32O5/c1-17(2)11-12-22(26)21(16-27-19(4)25)10-6-9-20(15-24)8-5-7-18(3)13-14-23/h8,10-11,13-15,22,26H,5-7,9,12,16H2,1-4H3/b18-13+,20-8+,21-10-. The summed E-state index contributed by atoms with van der Waals surface area (Å²) >= 11 is 0. The molecule has 0 rings (SSSR count). The number of aldehydes is 2. The van der Waals surface area contributed by atoms with Crippen LogP contribution in [0.1, 0.15) is 59.8 Å². The molecule has 5 heteroatoms. The quantitative estimate of drug-likeness (QED) is 0.227. The molecule has 0 aliphatic carbocycles. The Bertz CT molecular complexity index is 604. The van der Waals surface area contributed by atoms with Crippen molar-refractivity contribution in [2.45, 2.75) is 65.9 Å². The maximum Gasteiger partial charge on any atom is 0.302 e. The Morgan fingerprint density at radius 2 is 1.67 bits per heavy atom. The number of allylic oxidation sites excluding steroid dienone is 6. The number of hydrogen-bond donors (Lipinski definition) is 1. The number of esters is 1. The zero-order valence-corrected chi connectivity index (χ0v) is 16.9. The normalized spacial score (nSPS) is 13.7. The number of ether oxygens (including phenoxy) is 1. The molecule has 0 saturated heterocycles. The average Bonchev–Trinajstić information content (AvgIpc) is 2.60. The lowest BCUT2D eigenvalue weighted by Gasteiger charge is -2.14. The van der Waals surface area contributed by atoms with Gasteiger partial charge in [0.15, 0.2) is 0 Å². The van der Waals surface area contributed by atoms with Gasteiger partial charge < -0.3 is 9.84 Å². The number of carbonyl (C=O) groups is 3. The van der Waals surface area contributed by atoms with E-state index in [-0.39, 0.29) is 6.61 Å². The molecule has 0 radical (unpaired) electrons. The Balaban J connectivity index is 4.85. The minimum Gasteiger partial charge on any atom is -0.461 e. The monoisotopic (exact) mass is 376 g/mol. The maximum absolute atomic E-state index is 11.2. The Kier molecular flexibility index (Phi) is 13.6. The van der Waals surface area contributed by atoms with Crippen LogP contribution in [0.25, 0.3) is 0 Å². The molecule has 150 valence electrons. The minimum absolute atomic E-state index is 0.0446. The van der Waals surface area contributed by atoms with Gasteiger partial charge in [0, 0.05) is 6.92 Å². The van der Waals surface area contributed by atoms with Gasteiger partial charge in [0.1, 0.15) is 19.2 Å². The molecule has 0 fully saturated rings. The van der Waals surface area contributed by atoms with Crippen molar-refractivity contribution in [1.29, 1.82) is 0 Å². The molecular formula is C22H32O5. The molecule has 0 aliphatic heterocycles. The van der Waals surface area contributed by atoms with Crippen molar-refractivity contribution in [3.63, 3.8) is 0 Å². The van der Waals surface area contributed by atoms with E-state index >= 15 is 0 Å². The lowest BCUT2D eigenvalue weighted by molar-refractivity contribution is -0.140. The van der Waals surface area contributed by atoms with E-state index < -0.39 is 12.1 Å². The van der Waals surface area contributed by atoms with Gasteiger partial charge in [-0.05, 0) is 70.1 Å². The van der Waals surface area contributed by atoms with Crippen LogP contribution in [0.2, 0.25) is 0 Å². The van der Waals surface area contributed by atoms with Gasteiger partial charge in [-0.2, -0.15) is 0 Å². The largest absolute Gasteiger partial charge is 0.461 e. The fraction of sp³-hybridized carbons (Fsp3) is 0.500. The summed E-state index contributed by atoms with van der Waals surface area (Å²) in [6, 6.07) is 0. The molecular weight excluding hydrogens is 344 g/mol. The predicted octanol–water partition coefficient (Wildman–Crippen LogP) is 4.02. The summed E-state index contributed by atoms with van der Waals surface area (Å²) in [5.41, 5.74) is 3.39. The number of rotatable bonds is 13. The zero-order valence-electron chi connectivity index (χ0n) is 16.9. The van der Waals surface area contributed by atoms with Gasteiger partial charge >= 0.3 is 5.97 Å². The van der Waals surface area contributed by atoms with Crippen molar-refractivity contribution in [1.82, 2.24) is 0 Å². The number of aliphatic hydroxyl groups excluding tert-OH is 1. The third-order valence-electron chi connectivity index (χ3n) is 3.91. The summed E-state index contributed by atoms with van der Waals surface area (Å²) in [6.07, 6.45) is 11.0. The number of hydrogen-bond acceptors (Lipinski definition) is 5. The van der Waals surface area contributed by atoms with Crippen molar-refractivity contribution >= 4 is 18.5 Å². The molecule has 0 bridgehead atoms. The lowest BCUT2D eigenvalue weighted by Crippen LogP contribution is -2.16. The summed E-state index contributed by atoms with van der Waals surface area (Å²) in [7, 11) is 0. The highest BCUT2D eigenvalue weighted by atomic mass is 16.5. The average molecular weight is 376 g/mol. The van der Waals surface area contributed by atoms with Crippen molar-refractivity contribution in [2.75, 3.05) is 6.61 Å². The molecule has 1 N–H and O–H groups in total. The van der Waals surface area contributed by atoms with Gasteiger partial charge in [0.05, 0.1) is 6.10 Å². The van der Waals surface area contributed by atoms with Crippen LogP contribution in [0.15, 0.2) is 46.6 Å². The van der Waals surface area contributed by atoms with Gasteiger partial charge in [-0.15, -0.1) is 0 Å². The summed E-state index contributed by atoms with van der Waals surface area (Å²) in [4.78, 5) is 32.7. The van der Waals surface area contributed by atoms with E-state index in [0.29, 0.717) is 36.8 Å². The van der Waals surface area contributed by atoms with E-state index in [4.69, 9.17) is 4.74 Å². The highest BCUT2D eigenvalue weighted by Crippen LogP contribution is 2.14. The molecule has 0 aromatic heterocycles. The molecule has 0 saturated carbocycles. The molecule has 27 heavy (non-hydrogen) atoms. The van der Waals surface area contributed by atoms with Crippen molar-refractivity contribution in [3.05, 3.63) is 46.6 Å². The first-order valence-corrected chi connectivity index (χ1v) is 9.19. The summed E-state index contributed by atoms with van der Waals surface area (Å²) < 4.78 is 5.02. The first-order valence-electron chi connectivity index (χ1n) is 9.19. The van der Waals surface area contributed by atoms with E-state index in [0.717, 1.165) is 30.1 Å². The van der Waals surface area contributed by atoms with Gasteiger partial charge in [0.25, 0.3) is 0 Å². The zero-order chi connectivity index (χ0) is 20.7. The molecule has 5 nitrogen and oxygen atoms in total. The van der Waals surface area contributed by atoms with Crippen LogP contribution in [0.3, 0.4) is 0 Å². The first kappa shape index (κ1) is 24.7. The molecule has 0 amide bonds. The second-order valence-corrected chi connectivity index (χ2v) is 6.72. The highest BCUT2D eigenvalue weighted by Gasteiger charge is 2.11. The summed E-state index contributed by atoms with van der Waals surface area (Å²) in [5, 5.41) is 10.3. The third-order valence-corrected chi connectivity index (χ3v) is 3.91. The van der Waals surface area contributed by atoms with Gasteiger partial charge in [0.2, 0.25) is 0 Å². The van der Waals surface area contributed by atoms with Crippen LogP contribution < -0.4 is 0 Å². The van der Waals surface area contributed by atoms with Crippen LogP contribution in [0.4, 0.5) is 0 Å². The van der Waals surface area contributed by atoms with E-state index in [1.54, 1.807) is 0 Å². The summed E-state index contributed by atoms with van der Waals surface area (Å²) in [6.45, 7) is 7.16. The maximum atomic E-state index is 11.2. The molecule has 0 aromatic carbocycles. The van der Waals surface area contributed by atoms with Crippen LogP contribution in [-0.2, 0) is 19.1 Å². The third kappa shape index (κ3) is 13.6. The highest BCUT2D eigenvalue weighted by molar-refractivity contribution is 5.73. The minimum atomic E-state index is -0.723. The van der Waals surface area contributed by atoms with E-state index in [1.807, 2.05) is 39.0 Å². The van der Waals surface area contributed by atoms with Gasteiger partial charge in [-0.1, -0.05) is 29.4 Å². The Morgan fingerprint density at radius 3 is 2.22 bits per heavy atom. The molecule has 1 atom stereocenters. The summed E-state index contributed by atoms with van der Waals surface area (Å²) in [5.74, 6) is -0.400. The van der Waals surface area contributed by atoms with Crippen molar-refractivity contribution in [3.8, 4) is 0 Å². The SMILES string of the molecule is CC(=O)OC/C(=C/CC/C(C=O)=C\CC/C(C)=C/C=O)C(O)CC=C(C)C. The Labute approximate surface area is 162 Å². The van der Waals surface area contributed by atoms with Crippen LogP contribution in [0, 0.1) is 0 Å². The van der Waals surface area contributed by atoms with E-state index in [9.17, 15) is 19.5 Å². The molecule has 0 aromatic rings. The van der Waals surface area contributed by atoms with Crippen molar-refractivity contribution < 1.29 is 24.2 Å². The molecule has 0 aliphatic rings. The van der Waals surface area contributed by atoms with Gasteiger partial charge in [-0.3, -0.25) is 14.4 Å². The van der Waals surface area contributed by atoms with Crippen LogP contribution >= 0.6 is 0 Å². The van der Waals surface area contributed by atoms with Crippen LogP contribution in [0.5, 0.6) is 0 Å². The Hall–Kier alpha value is -2.27. The number of aliphatic hydroxyl groups is 1. The molecule has 1 unspecified atom stereocenters. The van der Waals surface area contributed by atoms with Gasteiger partial charge in [-0.25, -0.2) is 0 Å². The Morgan fingerprint density at radius 1 is 1.00 bits per heavy atom. The first-order chi connectivity index (χ1) is 12.8. The molecule has 0 heterocycles. The lowest BCUT2D eigenvalue weighted by atomic mass is 10.0. The smallest absolute Gasteiger partial charge is 0.302 e. The second kappa shape index (κ2) is 14.9. The van der Waals surface area contributed by atoms with Crippen molar-refractivity contribution in [2.24, 2.45) is 0 Å². The van der Waals surface area contributed by atoms with Crippen LogP contribution in [-0.4, -0.2) is 36.4 Å². The predicted molar refractivity (Wildman–Crippen MR) is 107 cm³/mol. The molecule has 0 spiro atoms. The number of carbonyl (C=O) groups excluding carboxylic acids is 3. The fourth-order valence-corrected chi connectivity index (χ4v) is 2.29.